The maximum Gasteiger partial charge on any atom is 0.306 e. The van der Waals surface area contributed by atoms with Gasteiger partial charge in [-0.15, -0.1) is 0 Å². The largest absolute Gasteiger partial charge is 0.481 e. The molecule has 0 aromatic rings. The lowest BCUT2D eigenvalue weighted by Gasteiger charge is -2.38. The zero-order chi connectivity index (χ0) is 11.1. The number of fused-ring (bicyclic) bond motifs is 2. The molecule has 2 aliphatic heterocycles. The third kappa shape index (κ3) is 1.74. The molecule has 1 N–H and O–H groups in total. The highest BCUT2D eigenvalue weighted by Crippen LogP contribution is 2.35. The van der Waals surface area contributed by atoms with Crippen molar-refractivity contribution in [3.63, 3.8) is 0 Å². The number of ether oxygens (including phenoxy) is 1. The highest BCUT2D eigenvalue weighted by atomic mass is 16.5. The molecular formula is C12H19NO3. The number of carboxylic acids is 1. The third-order valence-electron chi connectivity index (χ3n) is 4.46. The van der Waals surface area contributed by atoms with Gasteiger partial charge in [0.05, 0.1) is 18.6 Å². The third-order valence-corrected chi connectivity index (χ3v) is 4.46. The fourth-order valence-electron chi connectivity index (χ4n) is 3.53. The molecule has 1 saturated carbocycles. The van der Waals surface area contributed by atoms with Crippen LogP contribution in [-0.2, 0) is 9.53 Å². The summed E-state index contributed by atoms with van der Waals surface area (Å²) in [6.07, 6.45) is 5.48. The Balaban J connectivity index is 1.56. The standard InChI is InChI=1S/C12H19NO3/c14-12(15)8-1-3-9(4-2-8)13-6-11-5-10(13)7-16-11/h8-11H,1-7H2,(H,14,15). The normalized spacial score (nSPS) is 43.8. The fourth-order valence-corrected chi connectivity index (χ4v) is 3.53. The van der Waals surface area contributed by atoms with Crippen molar-refractivity contribution in [2.45, 2.75) is 50.3 Å². The molecule has 90 valence electrons. The Morgan fingerprint density at radius 1 is 1.19 bits per heavy atom. The van der Waals surface area contributed by atoms with E-state index in [2.05, 4.69) is 4.90 Å². The van der Waals surface area contributed by atoms with Crippen molar-refractivity contribution in [3.05, 3.63) is 0 Å². The SMILES string of the molecule is O=C(O)C1CCC(N2CC3CC2CO3)CC1. The molecule has 0 aromatic carbocycles. The summed E-state index contributed by atoms with van der Waals surface area (Å²) >= 11 is 0. The topological polar surface area (TPSA) is 49.8 Å². The van der Waals surface area contributed by atoms with Gasteiger partial charge in [-0.3, -0.25) is 9.69 Å². The van der Waals surface area contributed by atoms with Crippen LogP contribution in [0.3, 0.4) is 0 Å². The van der Waals surface area contributed by atoms with Crippen molar-refractivity contribution in [1.82, 2.24) is 4.90 Å². The first-order valence-electron chi connectivity index (χ1n) is 6.34. The molecule has 0 aromatic heterocycles. The van der Waals surface area contributed by atoms with Crippen LogP contribution in [0.2, 0.25) is 0 Å². The molecule has 0 amide bonds. The summed E-state index contributed by atoms with van der Waals surface area (Å²) < 4.78 is 5.60. The second-order valence-electron chi connectivity index (χ2n) is 5.39. The molecule has 4 heteroatoms. The summed E-state index contributed by atoms with van der Waals surface area (Å²) in [6.45, 7) is 1.97. The number of hydrogen-bond donors (Lipinski definition) is 1. The van der Waals surface area contributed by atoms with Crippen LogP contribution in [0.5, 0.6) is 0 Å². The van der Waals surface area contributed by atoms with Crippen LogP contribution in [-0.4, -0.2) is 47.3 Å². The van der Waals surface area contributed by atoms with Crippen LogP contribution in [0.15, 0.2) is 0 Å². The number of carbonyl (C=O) groups is 1. The van der Waals surface area contributed by atoms with Gasteiger partial charge in [0, 0.05) is 18.6 Å². The Kier molecular flexibility index (Phi) is 2.64. The lowest BCUT2D eigenvalue weighted by Crippen LogP contribution is -2.46. The molecule has 0 spiro atoms. The van der Waals surface area contributed by atoms with Crippen LogP contribution in [0.25, 0.3) is 0 Å². The van der Waals surface area contributed by atoms with E-state index < -0.39 is 5.97 Å². The molecule has 2 unspecified atom stereocenters. The molecule has 4 nitrogen and oxygen atoms in total. The zero-order valence-electron chi connectivity index (χ0n) is 9.47. The minimum Gasteiger partial charge on any atom is -0.481 e. The van der Waals surface area contributed by atoms with E-state index in [1.54, 1.807) is 0 Å². The maximum atomic E-state index is 10.9. The van der Waals surface area contributed by atoms with Crippen molar-refractivity contribution >= 4 is 5.97 Å². The molecule has 2 heterocycles. The van der Waals surface area contributed by atoms with Gasteiger partial charge >= 0.3 is 5.97 Å². The maximum absolute atomic E-state index is 10.9. The summed E-state index contributed by atoms with van der Waals surface area (Å²) in [5, 5.41) is 8.96. The molecule has 2 atom stereocenters. The van der Waals surface area contributed by atoms with Crippen molar-refractivity contribution in [2.75, 3.05) is 13.2 Å². The lowest BCUT2D eigenvalue weighted by atomic mass is 9.85. The molecule has 2 bridgehead atoms. The van der Waals surface area contributed by atoms with Crippen LogP contribution >= 0.6 is 0 Å². The first-order chi connectivity index (χ1) is 7.74. The van der Waals surface area contributed by atoms with Crippen molar-refractivity contribution < 1.29 is 14.6 Å². The van der Waals surface area contributed by atoms with E-state index in [9.17, 15) is 4.79 Å². The lowest BCUT2D eigenvalue weighted by molar-refractivity contribution is -0.143. The predicted octanol–water partition coefficient (Wildman–Crippen LogP) is 1.10. The second kappa shape index (κ2) is 4.00. The summed E-state index contributed by atoms with van der Waals surface area (Å²) in [4.78, 5) is 13.5. The van der Waals surface area contributed by atoms with Gasteiger partial charge in [0.25, 0.3) is 0 Å². The summed E-state index contributed by atoms with van der Waals surface area (Å²) in [5.74, 6) is -0.697. The number of carboxylic acid groups (broad SMARTS) is 1. The van der Waals surface area contributed by atoms with Gasteiger partial charge in [-0.05, 0) is 32.1 Å². The van der Waals surface area contributed by atoms with E-state index in [0.717, 1.165) is 38.8 Å². The van der Waals surface area contributed by atoms with E-state index in [-0.39, 0.29) is 5.92 Å². The van der Waals surface area contributed by atoms with Gasteiger partial charge < -0.3 is 9.84 Å². The van der Waals surface area contributed by atoms with Crippen LogP contribution in [0.4, 0.5) is 0 Å². The average Bonchev–Trinajstić information content (AvgIpc) is 2.91. The highest BCUT2D eigenvalue weighted by molar-refractivity contribution is 5.70. The summed E-state index contributed by atoms with van der Waals surface area (Å²) in [7, 11) is 0. The van der Waals surface area contributed by atoms with Gasteiger partial charge in [-0.2, -0.15) is 0 Å². The smallest absolute Gasteiger partial charge is 0.306 e. The van der Waals surface area contributed by atoms with Crippen molar-refractivity contribution in [1.29, 1.82) is 0 Å². The van der Waals surface area contributed by atoms with E-state index in [1.807, 2.05) is 0 Å². The first kappa shape index (κ1) is 10.5. The zero-order valence-corrected chi connectivity index (χ0v) is 9.47. The molecular weight excluding hydrogens is 206 g/mol. The number of rotatable bonds is 2. The minimum atomic E-state index is -0.607. The number of aliphatic carboxylic acids is 1. The van der Waals surface area contributed by atoms with Crippen LogP contribution < -0.4 is 0 Å². The van der Waals surface area contributed by atoms with Crippen molar-refractivity contribution in [2.24, 2.45) is 5.92 Å². The Hall–Kier alpha value is -0.610. The molecule has 1 aliphatic carbocycles. The highest BCUT2D eigenvalue weighted by Gasteiger charge is 2.43. The first-order valence-corrected chi connectivity index (χ1v) is 6.34. The van der Waals surface area contributed by atoms with E-state index in [4.69, 9.17) is 9.84 Å². The van der Waals surface area contributed by atoms with Gasteiger partial charge in [0.2, 0.25) is 0 Å². The molecule has 2 saturated heterocycles. The Morgan fingerprint density at radius 2 is 1.94 bits per heavy atom. The van der Waals surface area contributed by atoms with Crippen LogP contribution in [0, 0.1) is 5.92 Å². The Morgan fingerprint density at radius 3 is 2.44 bits per heavy atom. The Bertz CT molecular complexity index is 286. The predicted molar refractivity (Wildman–Crippen MR) is 58.2 cm³/mol. The van der Waals surface area contributed by atoms with Gasteiger partial charge in [0.1, 0.15) is 0 Å². The van der Waals surface area contributed by atoms with E-state index in [0.29, 0.717) is 18.2 Å². The summed E-state index contributed by atoms with van der Waals surface area (Å²) in [6, 6.07) is 1.24. The Labute approximate surface area is 95.6 Å². The summed E-state index contributed by atoms with van der Waals surface area (Å²) in [5.41, 5.74) is 0. The van der Waals surface area contributed by atoms with Crippen molar-refractivity contribution in [3.8, 4) is 0 Å². The number of likely N-dealkylation sites (tertiary alicyclic amines) is 1. The molecule has 3 rings (SSSR count). The monoisotopic (exact) mass is 225 g/mol. The van der Waals surface area contributed by atoms with E-state index in [1.165, 1.54) is 6.42 Å². The number of morpholine rings is 1. The van der Waals surface area contributed by atoms with Gasteiger partial charge in [0.15, 0.2) is 0 Å². The second-order valence-corrected chi connectivity index (χ2v) is 5.39. The van der Waals surface area contributed by atoms with Gasteiger partial charge in [-0.1, -0.05) is 0 Å². The van der Waals surface area contributed by atoms with Crippen LogP contribution in [0.1, 0.15) is 32.1 Å². The molecule has 3 fully saturated rings. The quantitative estimate of drug-likeness (QED) is 0.764. The fraction of sp³-hybridized carbons (Fsp3) is 0.917. The molecule has 0 radical (unpaired) electrons. The number of hydrogen-bond acceptors (Lipinski definition) is 3. The van der Waals surface area contributed by atoms with Gasteiger partial charge in [-0.25, -0.2) is 0 Å². The van der Waals surface area contributed by atoms with E-state index >= 15 is 0 Å². The molecule has 3 aliphatic rings. The minimum absolute atomic E-state index is 0.0905. The average molecular weight is 225 g/mol. The number of nitrogens with zero attached hydrogens (tertiary/aromatic N) is 1. The molecule has 16 heavy (non-hydrogen) atoms.